The third kappa shape index (κ3) is 1.75. The molecule has 0 aliphatic heterocycles. The minimum absolute atomic E-state index is 0.195. The number of hydrogen-bond acceptors (Lipinski definition) is 5. The second-order valence-corrected chi connectivity index (χ2v) is 3.36. The number of rotatable bonds is 3. The van der Waals surface area contributed by atoms with Gasteiger partial charge in [-0.15, -0.1) is 0 Å². The molecule has 1 atom stereocenters. The highest BCUT2D eigenvalue weighted by molar-refractivity contribution is 5.47. The van der Waals surface area contributed by atoms with Crippen molar-refractivity contribution in [2.75, 3.05) is 0 Å². The van der Waals surface area contributed by atoms with Crippen LogP contribution >= 0.6 is 0 Å². The van der Waals surface area contributed by atoms with Crippen molar-refractivity contribution in [1.82, 2.24) is 19.7 Å². The van der Waals surface area contributed by atoms with Crippen LogP contribution in [-0.2, 0) is 7.05 Å². The molecule has 0 aliphatic rings. The van der Waals surface area contributed by atoms with Crippen LogP contribution in [0, 0.1) is 0 Å². The molecule has 0 spiro atoms. The lowest BCUT2D eigenvalue weighted by molar-refractivity contribution is 0.352. The molecule has 2 N–H and O–H groups in total. The molecule has 0 amide bonds. The Balaban J connectivity index is 2.32. The van der Waals surface area contributed by atoms with Crippen LogP contribution in [0.4, 0.5) is 0 Å². The molecule has 0 saturated heterocycles. The Kier molecular flexibility index (Phi) is 2.51. The monoisotopic (exact) mass is 207 g/mol. The van der Waals surface area contributed by atoms with Crippen molar-refractivity contribution in [1.29, 1.82) is 0 Å². The van der Waals surface area contributed by atoms with Gasteiger partial charge in [-0.2, -0.15) is 4.98 Å². The van der Waals surface area contributed by atoms with E-state index in [2.05, 4.69) is 15.1 Å². The topological polar surface area (TPSA) is 82.8 Å². The molecule has 80 valence electrons. The molecule has 0 unspecified atom stereocenters. The van der Waals surface area contributed by atoms with Crippen LogP contribution in [0.1, 0.15) is 25.3 Å². The lowest BCUT2D eigenvalue weighted by Gasteiger charge is -1.99. The van der Waals surface area contributed by atoms with Crippen LogP contribution in [0.2, 0.25) is 0 Å². The lowest BCUT2D eigenvalue weighted by Crippen LogP contribution is -2.08. The van der Waals surface area contributed by atoms with Crippen molar-refractivity contribution < 1.29 is 4.52 Å². The van der Waals surface area contributed by atoms with Crippen molar-refractivity contribution in [3.8, 4) is 11.5 Å². The molecular formula is C9H13N5O. The fourth-order valence-corrected chi connectivity index (χ4v) is 1.24. The van der Waals surface area contributed by atoms with Crippen LogP contribution in [-0.4, -0.2) is 19.7 Å². The van der Waals surface area contributed by atoms with Crippen molar-refractivity contribution >= 4 is 0 Å². The molecule has 2 aromatic heterocycles. The highest BCUT2D eigenvalue weighted by Gasteiger charge is 2.15. The van der Waals surface area contributed by atoms with Gasteiger partial charge in [0.15, 0.2) is 0 Å². The van der Waals surface area contributed by atoms with E-state index in [0.717, 1.165) is 12.1 Å². The van der Waals surface area contributed by atoms with Gasteiger partial charge in [0, 0.05) is 7.05 Å². The number of aromatic nitrogens is 4. The highest BCUT2D eigenvalue weighted by Crippen LogP contribution is 2.17. The summed E-state index contributed by atoms with van der Waals surface area (Å²) < 4.78 is 6.89. The maximum atomic E-state index is 5.78. The van der Waals surface area contributed by atoms with Gasteiger partial charge >= 0.3 is 0 Å². The van der Waals surface area contributed by atoms with Crippen molar-refractivity contribution in [2.45, 2.75) is 19.4 Å². The van der Waals surface area contributed by atoms with Gasteiger partial charge in [-0.3, -0.25) is 0 Å². The third-order valence-electron chi connectivity index (χ3n) is 2.24. The van der Waals surface area contributed by atoms with Gasteiger partial charge in [0.05, 0.1) is 18.6 Å². The van der Waals surface area contributed by atoms with E-state index in [4.69, 9.17) is 10.3 Å². The zero-order chi connectivity index (χ0) is 10.8. The number of aryl methyl sites for hydroxylation is 1. The van der Waals surface area contributed by atoms with Crippen molar-refractivity contribution in [3.05, 3.63) is 18.4 Å². The Hall–Kier alpha value is -1.69. The molecule has 0 bridgehead atoms. The summed E-state index contributed by atoms with van der Waals surface area (Å²) in [6, 6.07) is -0.195. The zero-order valence-corrected chi connectivity index (χ0v) is 8.71. The summed E-state index contributed by atoms with van der Waals surface area (Å²) in [6.45, 7) is 1.97. The van der Waals surface area contributed by atoms with E-state index in [1.54, 1.807) is 12.5 Å². The molecule has 2 rings (SSSR count). The van der Waals surface area contributed by atoms with E-state index in [0.29, 0.717) is 11.7 Å². The predicted molar refractivity (Wildman–Crippen MR) is 53.7 cm³/mol. The van der Waals surface area contributed by atoms with E-state index in [1.165, 1.54) is 0 Å². The number of hydrogen-bond donors (Lipinski definition) is 1. The van der Waals surface area contributed by atoms with Crippen LogP contribution in [0.3, 0.4) is 0 Å². The Morgan fingerprint density at radius 3 is 3.00 bits per heavy atom. The number of nitrogens with zero attached hydrogens (tertiary/aromatic N) is 4. The van der Waals surface area contributed by atoms with Crippen LogP contribution in [0.15, 0.2) is 17.0 Å². The first kappa shape index (κ1) is 9.85. The molecule has 0 saturated carbocycles. The fourth-order valence-electron chi connectivity index (χ4n) is 1.24. The summed E-state index contributed by atoms with van der Waals surface area (Å²) in [5.41, 5.74) is 6.59. The second-order valence-electron chi connectivity index (χ2n) is 3.36. The average Bonchev–Trinajstić information content (AvgIpc) is 2.84. The maximum absolute atomic E-state index is 5.78. The molecule has 15 heavy (non-hydrogen) atoms. The molecule has 2 aromatic rings. The molecule has 0 radical (unpaired) electrons. The minimum Gasteiger partial charge on any atom is -0.337 e. The molecule has 6 nitrogen and oxygen atoms in total. The van der Waals surface area contributed by atoms with Crippen LogP contribution in [0.25, 0.3) is 11.5 Å². The summed E-state index contributed by atoms with van der Waals surface area (Å²) in [7, 11) is 1.87. The van der Waals surface area contributed by atoms with E-state index < -0.39 is 0 Å². The third-order valence-corrected chi connectivity index (χ3v) is 2.24. The van der Waals surface area contributed by atoms with E-state index in [1.807, 2.05) is 18.5 Å². The van der Waals surface area contributed by atoms with E-state index in [9.17, 15) is 0 Å². The number of nitrogens with two attached hydrogens (primary N) is 1. The summed E-state index contributed by atoms with van der Waals surface area (Å²) in [5, 5.41) is 3.86. The molecule has 0 aliphatic carbocycles. The molecule has 2 heterocycles. The standard InChI is InChI=1S/C9H13N5O/c1-3-6(10)9-12-8(13-15-9)7-4-11-5-14(7)2/h4-6H,3,10H2,1-2H3/t6-/m0/s1. The van der Waals surface area contributed by atoms with Gasteiger partial charge in [-0.05, 0) is 6.42 Å². The lowest BCUT2D eigenvalue weighted by atomic mass is 10.2. The first-order chi connectivity index (χ1) is 7.22. The average molecular weight is 207 g/mol. The zero-order valence-electron chi connectivity index (χ0n) is 8.71. The maximum Gasteiger partial charge on any atom is 0.243 e. The smallest absolute Gasteiger partial charge is 0.243 e. The molecule has 6 heteroatoms. The molecule has 0 aromatic carbocycles. The Labute approximate surface area is 87.1 Å². The van der Waals surface area contributed by atoms with Gasteiger partial charge in [0.25, 0.3) is 0 Å². The molecule has 0 fully saturated rings. The van der Waals surface area contributed by atoms with E-state index in [-0.39, 0.29) is 6.04 Å². The normalized spacial score (nSPS) is 13.0. The van der Waals surface area contributed by atoms with Gasteiger partial charge in [0.1, 0.15) is 5.69 Å². The summed E-state index contributed by atoms with van der Waals surface area (Å²) >= 11 is 0. The quantitative estimate of drug-likeness (QED) is 0.807. The first-order valence-electron chi connectivity index (χ1n) is 4.78. The summed E-state index contributed by atoms with van der Waals surface area (Å²) in [4.78, 5) is 8.20. The number of imidazole rings is 1. The fraction of sp³-hybridized carbons (Fsp3) is 0.444. The summed E-state index contributed by atoms with van der Waals surface area (Å²) in [6.07, 6.45) is 4.14. The van der Waals surface area contributed by atoms with Crippen LogP contribution < -0.4 is 5.73 Å². The van der Waals surface area contributed by atoms with Gasteiger partial charge in [0.2, 0.25) is 11.7 Å². The largest absolute Gasteiger partial charge is 0.337 e. The Morgan fingerprint density at radius 1 is 1.60 bits per heavy atom. The van der Waals surface area contributed by atoms with E-state index >= 15 is 0 Å². The van der Waals surface area contributed by atoms with Gasteiger partial charge in [-0.25, -0.2) is 4.98 Å². The SMILES string of the molecule is CC[C@H](N)c1nc(-c2cncn2C)no1. The first-order valence-corrected chi connectivity index (χ1v) is 4.78. The summed E-state index contributed by atoms with van der Waals surface area (Å²) in [5.74, 6) is 0.989. The molecular weight excluding hydrogens is 194 g/mol. The Morgan fingerprint density at radius 2 is 2.40 bits per heavy atom. The van der Waals surface area contributed by atoms with Gasteiger partial charge in [-0.1, -0.05) is 12.1 Å². The van der Waals surface area contributed by atoms with Crippen molar-refractivity contribution in [3.63, 3.8) is 0 Å². The van der Waals surface area contributed by atoms with Crippen LogP contribution in [0.5, 0.6) is 0 Å². The van der Waals surface area contributed by atoms with Crippen molar-refractivity contribution in [2.24, 2.45) is 12.8 Å². The second kappa shape index (κ2) is 3.82. The predicted octanol–water partition coefficient (Wildman–Crippen LogP) is 0.880. The Bertz CT molecular complexity index is 447. The van der Waals surface area contributed by atoms with Gasteiger partial charge < -0.3 is 14.8 Å². The highest BCUT2D eigenvalue weighted by atomic mass is 16.5. The minimum atomic E-state index is -0.195.